The number of amides is 4. The number of ether oxygens (including phenoxy) is 1. The van der Waals surface area contributed by atoms with Crippen molar-refractivity contribution in [3.63, 3.8) is 0 Å². The maximum atomic E-state index is 13.3. The SMILES string of the molecule is CS(=O)(=O)Nc1cccc(-c2ccc3cnc(Nc4ccc(N5CCN(CCCCCCOc6cccc7c6C(=O)N(C6CCC(=O)NC6=O)C7=O)CC5)cc4)nn23)c1. The zero-order valence-electron chi connectivity index (χ0n) is 32.6. The zero-order valence-corrected chi connectivity index (χ0v) is 33.4. The van der Waals surface area contributed by atoms with E-state index < -0.39 is 39.7 Å². The first-order valence-corrected chi connectivity index (χ1v) is 21.6. The third kappa shape index (κ3) is 8.90. The van der Waals surface area contributed by atoms with Gasteiger partial charge in [-0.1, -0.05) is 31.0 Å². The molecule has 0 bridgehead atoms. The van der Waals surface area contributed by atoms with Crippen LogP contribution < -0.4 is 25.0 Å². The van der Waals surface area contributed by atoms with Crippen LogP contribution in [-0.2, 0) is 19.6 Å². The lowest BCUT2D eigenvalue weighted by Gasteiger charge is -2.36. The quantitative estimate of drug-likeness (QED) is 0.0980. The molecule has 59 heavy (non-hydrogen) atoms. The zero-order chi connectivity index (χ0) is 41.1. The second kappa shape index (κ2) is 16.9. The maximum Gasteiger partial charge on any atom is 0.266 e. The molecule has 16 nitrogen and oxygen atoms in total. The maximum absolute atomic E-state index is 13.3. The topological polar surface area (TPSA) is 188 Å². The summed E-state index contributed by atoms with van der Waals surface area (Å²) in [6, 6.07) is 23.2. The van der Waals surface area contributed by atoms with Gasteiger partial charge in [0.05, 0.1) is 41.4 Å². The Hall–Kier alpha value is -6.33. The van der Waals surface area contributed by atoms with Crippen LogP contribution in [0.15, 0.2) is 85.1 Å². The molecular formula is C42H45N9O7S. The summed E-state index contributed by atoms with van der Waals surface area (Å²) in [7, 11) is -3.41. The van der Waals surface area contributed by atoms with E-state index >= 15 is 0 Å². The average molecular weight is 820 g/mol. The molecular weight excluding hydrogens is 775 g/mol. The summed E-state index contributed by atoms with van der Waals surface area (Å²) >= 11 is 0. The fraction of sp³-hybridized carbons (Fsp3) is 0.333. The van der Waals surface area contributed by atoms with Gasteiger partial charge in [0, 0.05) is 55.2 Å². The highest BCUT2D eigenvalue weighted by atomic mass is 32.2. The van der Waals surface area contributed by atoms with Crippen LogP contribution in [0.2, 0.25) is 0 Å². The van der Waals surface area contributed by atoms with Crippen LogP contribution in [0.25, 0.3) is 16.8 Å². The van der Waals surface area contributed by atoms with E-state index in [0.29, 0.717) is 24.0 Å². The van der Waals surface area contributed by atoms with Crippen molar-refractivity contribution >= 4 is 62.2 Å². The number of piperidine rings is 1. The number of hydrogen-bond acceptors (Lipinski definition) is 12. The van der Waals surface area contributed by atoms with E-state index in [9.17, 15) is 27.6 Å². The van der Waals surface area contributed by atoms with Gasteiger partial charge in [-0.3, -0.25) is 39.0 Å². The average Bonchev–Trinajstić information content (AvgIpc) is 3.75. The van der Waals surface area contributed by atoms with Crippen LogP contribution in [-0.4, -0.2) is 108 Å². The summed E-state index contributed by atoms with van der Waals surface area (Å²) in [4.78, 5) is 60.7. The molecule has 5 aromatic rings. The molecule has 3 aromatic carbocycles. The molecule has 2 saturated heterocycles. The number of rotatable bonds is 15. The Balaban J connectivity index is 0.757. The number of piperazine rings is 1. The van der Waals surface area contributed by atoms with Crippen LogP contribution in [0.3, 0.4) is 0 Å². The van der Waals surface area contributed by atoms with Crippen LogP contribution in [0.5, 0.6) is 5.75 Å². The Kier molecular flexibility index (Phi) is 11.3. The predicted octanol–water partition coefficient (Wildman–Crippen LogP) is 4.67. The Morgan fingerprint density at radius 3 is 2.41 bits per heavy atom. The molecule has 3 aliphatic heterocycles. The lowest BCUT2D eigenvalue weighted by Crippen LogP contribution is -2.54. The van der Waals surface area contributed by atoms with E-state index in [-0.39, 0.29) is 24.0 Å². The van der Waals surface area contributed by atoms with E-state index in [0.717, 1.165) is 97.7 Å². The van der Waals surface area contributed by atoms with E-state index in [1.54, 1.807) is 47.1 Å². The molecule has 1 atom stereocenters. The van der Waals surface area contributed by atoms with Crippen LogP contribution in [0, 0.1) is 0 Å². The van der Waals surface area contributed by atoms with Crippen molar-refractivity contribution in [3.05, 3.63) is 96.2 Å². The van der Waals surface area contributed by atoms with Crippen molar-refractivity contribution < 1.29 is 32.3 Å². The molecule has 2 fully saturated rings. The lowest BCUT2D eigenvalue weighted by atomic mass is 10.0. The van der Waals surface area contributed by atoms with Gasteiger partial charge in [-0.05, 0) is 86.5 Å². The number of carbonyl (C=O) groups is 4. The van der Waals surface area contributed by atoms with Gasteiger partial charge in [-0.25, -0.2) is 17.9 Å². The summed E-state index contributed by atoms with van der Waals surface area (Å²) in [5, 5.41) is 10.2. The number of nitrogens with one attached hydrogen (secondary N) is 3. The lowest BCUT2D eigenvalue weighted by molar-refractivity contribution is -0.136. The molecule has 17 heteroatoms. The van der Waals surface area contributed by atoms with Crippen molar-refractivity contribution in [1.29, 1.82) is 0 Å². The number of benzene rings is 3. The van der Waals surface area contributed by atoms with Crippen molar-refractivity contribution in [2.24, 2.45) is 0 Å². The van der Waals surface area contributed by atoms with E-state index in [1.165, 1.54) is 0 Å². The smallest absolute Gasteiger partial charge is 0.266 e. The molecule has 8 rings (SSSR count). The van der Waals surface area contributed by atoms with Crippen LogP contribution in [0.4, 0.5) is 23.0 Å². The third-order valence-electron chi connectivity index (χ3n) is 10.8. The molecule has 4 amide bonds. The Morgan fingerprint density at radius 2 is 1.63 bits per heavy atom. The van der Waals surface area contributed by atoms with Crippen molar-refractivity contribution in [3.8, 4) is 17.0 Å². The Morgan fingerprint density at radius 1 is 0.847 bits per heavy atom. The highest BCUT2D eigenvalue weighted by molar-refractivity contribution is 7.92. The Bertz CT molecular complexity index is 2520. The van der Waals surface area contributed by atoms with E-state index in [4.69, 9.17) is 9.84 Å². The molecule has 5 heterocycles. The fourth-order valence-corrected chi connectivity index (χ4v) is 8.38. The third-order valence-corrected chi connectivity index (χ3v) is 11.4. The molecule has 0 spiro atoms. The summed E-state index contributed by atoms with van der Waals surface area (Å²) < 4.78 is 33.8. The number of hydrogen-bond donors (Lipinski definition) is 3. The Labute approximate surface area is 341 Å². The number of anilines is 4. The van der Waals surface area contributed by atoms with Crippen molar-refractivity contribution in [2.75, 3.05) is 60.5 Å². The summed E-state index contributed by atoms with van der Waals surface area (Å²) in [5.41, 5.74) is 5.30. The van der Waals surface area contributed by atoms with Crippen molar-refractivity contribution in [2.45, 2.75) is 44.6 Å². The second-order valence-electron chi connectivity index (χ2n) is 15.0. The monoisotopic (exact) mass is 819 g/mol. The number of imide groups is 2. The summed E-state index contributed by atoms with van der Waals surface area (Å²) in [5.74, 6) is -1.38. The summed E-state index contributed by atoms with van der Waals surface area (Å²) in [6.45, 7) is 5.24. The van der Waals surface area contributed by atoms with Gasteiger partial charge in [0.2, 0.25) is 27.8 Å². The minimum absolute atomic E-state index is 0.0711. The molecule has 3 aliphatic rings. The number of nitrogens with zero attached hydrogens (tertiary/aromatic N) is 6. The number of carbonyl (C=O) groups excluding carboxylic acids is 4. The number of aromatic nitrogens is 3. The van der Waals surface area contributed by atoms with Gasteiger partial charge in [-0.15, -0.1) is 5.10 Å². The van der Waals surface area contributed by atoms with Crippen molar-refractivity contribution in [1.82, 2.24) is 29.7 Å². The predicted molar refractivity (Wildman–Crippen MR) is 222 cm³/mol. The van der Waals surface area contributed by atoms with Crippen LogP contribution >= 0.6 is 0 Å². The largest absolute Gasteiger partial charge is 0.493 e. The van der Waals surface area contributed by atoms with Gasteiger partial charge in [-0.2, -0.15) is 0 Å². The van der Waals surface area contributed by atoms with Crippen LogP contribution in [0.1, 0.15) is 59.2 Å². The van der Waals surface area contributed by atoms with Gasteiger partial charge in [0.1, 0.15) is 11.8 Å². The molecule has 306 valence electrons. The first-order valence-electron chi connectivity index (χ1n) is 19.8. The summed E-state index contributed by atoms with van der Waals surface area (Å²) in [6.07, 6.45) is 6.93. The normalized spacial score (nSPS) is 17.3. The molecule has 0 saturated carbocycles. The number of fused-ring (bicyclic) bond motifs is 2. The highest BCUT2D eigenvalue weighted by Gasteiger charge is 2.46. The first-order chi connectivity index (χ1) is 28.5. The minimum Gasteiger partial charge on any atom is -0.493 e. The van der Waals surface area contributed by atoms with Gasteiger partial charge in [0.25, 0.3) is 11.8 Å². The molecule has 0 radical (unpaired) electrons. The van der Waals surface area contributed by atoms with E-state index in [1.807, 2.05) is 30.3 Å². The molecule has 3 N–H and O–H groups in total. The minimum atomic E-state index is -3.41. The standard InChI is InChI=1S/C42H45N9O7S/c1-59(56,57)47-30-9-6-8-28(26-30)34-17-16-32-27-43-42(46-51(32)34)44-29-12-14-31(15-13-29)49-23-21-48(22-24-49)20-4-2-3-5-25-58-36-11-7-10-33-38(36)41(55)50(40(33)54)35-18-19-37(52)45-39(35)53/h6-17,26-27,35,47H,2-5,18-25H2,1H3,(H,44,46)(H,45,52,53). The highest BCUT2D eigenvalue weighted by Crippen LogP contribution is 2.34. The number of sulfonamides is 1. The fourth-order valence-electron chi connectivity index (χ4n) is 7.83. The van der Waals surface area contributed by atoms with Gasteiger partial charge >= 0.3 is 0 Å². The molecule has 0 aliphatic carbocycles. The number of unbranched alkanes of at least 4 members (excludes halogenated alkanes) is 3. The second-order valence-corrected chi connectivity index (χ2v) is 16.7. The first kappa shape index (κ1) is 39.5. The van der Waals surface area contributed by atoms with Gasteiger partial charge in [0.15, 0.2) is 0 Å². The van der Waals surface area contributed by atoms with Gasteiger partial charge < -0.3 is 15.0 Å². The molecule has 2 aromatic heterocycles. The molecule has 1 unspecified atom stereocenters. The van der Waals surface area contributed by atoms with E-state index in [2.05, 4.69) is 42.3 Å².